The number of nitrogens with one attached hydrogen (secondary N) is 1. The van der Waals surface area contributed by atoms with Gasteiger partial charge >= 0.3 is 0 Å². The smallest absolute Gasteiger partial charge is 0.0686 e. The predicted molar refractivity (Wildman–Crippen MR) is 62.9 cm³/mol. The molecule has 0 radical (unpaired) electrons. The van der Waals surface area contributed by atoms with Gasteiger partial charge in [0.2, 0.25) is 0 Å². The Morgan fingerprint density at radius 3 is 2.69 bits per heavy atom. The molecule has 0 bridgehead atoms. The third kappa shape index (κ3) is 1.98. The number of benzene rings is 1. The first-order valence-electron chi connectivity index (χ1n) is 5.26. The van der Waals surface area contributed by atoms with E-state index in [1.54, 1.807) is 6.20 Å². The van der Waals surface area contributed by atoms with Gasteiger partial charge in [-0.3, -0.25) is 5.10 Å². The lowest BCUT2D eigenvalue weighted by atomic mass is 9.97. The van der Waals surface area contributed by atoms with Crippen molar-refractivity contribution in [3.05, 3.63) is 42.1 Å². The molecule has 0 aliphatic rings. The summed E-state index contributed by atoms with van der Waals surface area (Å²) in [5.41, 5.74) is 8.58. The monoisotopic (exact) mass is 217 g/mol. The first kappa shape index (κ1) is 10.9. The Morgan fingerprint density at radius 2 is 2.06 bits per heavy atom. The molecule has 1 heterocycles. The van der Waals surface area contributed by atoms with Gasteiger partial charge in [-0.15, -0.1) is 0 Å². The second-order valence-corrected chi connectivity index (χ2v) is 3.68. The molecule has 84 valence electrons. The van der Waals surface area contributed by atoms with Crippen molar-refractivity contribution in [2.75, 3.05) is 13.2 Å². The Morgan fingerprint density at radius 1 is 1.31 bits per heavy atom. The Labute approximate surface area is 94.1 Å². The fraction of sp³-hybridized carbons (Fsp3) is 0.250. The van der Waals surface area contributed by atoms with Gasteiger partial charge in [0.1, 0.15) is 0 Å². The molecule has 2 aromatic rings. The van der Waals surface area contributed by atoms with Crippen LogP contribution in [0.1, 0.15) is 11.5 Å². The molecule has 0 aliphatic heterocycles. The number of nitrogens with zero attached hydrogens (tertiary/aromatic N) is 1. The van der Waals surface area contributed by atoms with Crippen LogP contribution in [0.15, 0.2) is 36.5 Å². The van der Waals surface area contributed by atoms with Crippen LogP contribution >= 0.6 is 0 Å². The van der Waals surface area contributed by atoms with Crippen molar-refractivity contribution in [3.63, 3.8) is 0 Å². The van der Waals surface area contributed by atoms with Gasteiger partial charge in [0, 0.05) is 18.0 Å². The fourth-order valence-corrected chi connectivity index (χ4v) is 1.74. The third-order valence-electron chi connectivity index (χ3n) is 2.68. The van der Waals surface area contributed by atoms with Crippen LogP contribution in [-0.2, 0) is 0 Å². The van der Waals surface area contributed by atoms with Crippen molar-refractivity contribution in [1.82, 2.24) is 10.2 Å². The summed E-state index contributed by atoms with van der Waals surface area (Å²) < 4.78 is 0. The summed E-state index contributed by atoms with van der Waals surface area (Å²) in [7, 11) is 0. The van der Waals surface area contributed by atoms with Crippen molar-refractivity contribution in [2.24, 2.45) is 5.73 Å². The van der Waals surface area contributed by atoms with Gasteiger partial charge in [-0.05, 0) is 5.56 Å². The number of H-pyrrole nitrogens is 1. The van der Waals surface area contributed by atoms with Crippen molar-refractivity contribution in [3.8, 4) is 11.3 Å². The van der Waals surface area contributed by atoms with Crippen LogP contribution in [0.5, 0.6) is 0 Å². The first-order valence-corrected chi connectivity index (χ1v) is 5.26. The highest BCUT2D eigenvalue weighted by atomic mass is 16.3. The zero-order chi connectivity index (χ0) is 11.4. The minimum absolute atomic E-state index is 0.0376. The SMILES string of the molecule is NCC(CO)c1cn[nH]c1-c1ccccc1. The second kappa shape index (κ2) is 4.92. The molecule has 0 fully saturated rings. The molecule has 1 aromatic carbocycles. The third-order valence-corrected chi connectivity index (χ3v) is 2.68. The number of nitrogens with two attached hydrogens (primary N) is 1. The van der Waals surface area contributed by atoms with E-state index in [0.29, 0.717) is 6.54 Å². The summed E-state index contributed by atoms with van der Waals surface area (Å²) in [6.07, 6.45) is 1.73. The molecule has 1 aromatic heterocycles. The Hall–Kier alpha value is -1.65. The van der Waals surface area contributed by atoms with Crippen molar-refractivity contribution in [2.45, 2.75) is 5.92 Å². The summed E-state index contributed by atoms with van der Waals surface area (Å²) in [5.74, 6) is -0.0612. The van der Waals surface area contributed by atoms with E-state index in [-0.39, 0.29) is 12.5 Å². The lowest BCUT2D eigenvalue weighted by Gasteiger charge is -2.11. The second-order valence-electron chi connectivity index (χ2n) is 3.68. The van der Waals surface area contributed by atoms with Crippen molar-refractivity contribution in [1.29, 1.82) is 0 Å². The minimum atomic E-state index is -0.0612. The number of aromatic nitrogens is 2. The van der Waals surface area contributed by atoms with E-state index >= 15 is 0 Å². The van der Waals surface area contributed by atoms with Crippen LogP contribution in [0.2, 0.25) is 0 Å². The van der Waals surface area contributed by atoms with Crippen molar-refractivity contribution >= 4 is 0 Å². The van der Waals surface area contributed by atoms with Crippen molar-refractivity contribution < 1.29 is 5.11 Å². The predicted octanol–water partition coefficient (Wildman–Crippen LogP) is 1.11. The quantitative estimate of drug-likeness (QED) is 0.718. The van der Waals surface area contributed by atoms with Crippen LogP contribution in [0.3, 0.4) is 0 Å². The number of hydrogen-bond acceptors (Lipinski definition) is 3. The van der Waals surface area contributed by atoms with Gasteiger partial charge in [0.25, 0.3) is 0 Å². The molecule has 1 unspecified atom stereocenters. The lowest BCUT2D eigenvalue weighted by molar-refractivity contribution is 0.268. The topological polar surface area (TPSA) is 74.9 Å². The maximum atomic E-state index is 9.25. The fourth-order valence-electron chi connectivity index (χ4n) is 1.74. The number of hydrogen-bond donors (Lipinski definition) is 3. The van der Waals surface area contributed by atoms with Gasteiger partial charge in [-0.2, -0.15) is 5.10 Å². The van der Waals surface area contributed by atoms with Crippen LogP contribution in [-0.4, -0.2) is 28.5 Å². The van der Waals surface area contributed by atoms with E-state index in [0.717, 1.165) is 16.8 Å². The Kier molecular flexibility index (Phi) is 3.34. The molecule has 4 heteroatoms. The maximum Gasteiger partial charge on any atom is 0.0686 e. The molecule has 0 saturated carbocycles. The van der Waals surface area contributed by atoms with Gasteiger partial charge in [-0.25, -0.2) is 0 Å². The highest BCUT2D eigenvalue weighted by molar-refractivity contribution is 5.63. The molecule has 16 heavy (non-hydrogen) atoms. The summed E-state index contributed by atoms with van der Waals surface area (Å²) in [6, 6.07) is 9.91. The molecule has 0 aliphatic carbocycles. The summed E-state index contributed by atoms with van der Waals surface area (Å²) >= 11 is 0. The first-order chi connectivity index (χ1) is 7.86. The molecular weight excluding hydrogens is 202 g/mol. The Balaban J connectivity index is 2.40. The number of aliphatic hydroxyl groups excluding tert-OH is 1. The summed E-state index contributed by atoms with van der Waals surface area (Å²) in [5, 5.41) is 16.2. The van der Waals surface area contributed by atoms with Crippen LogP contribution in [0, 0.1) is 0 Å². The molecular formula is C12H15N3O. The lowest BCUT2D eigenvalue weighted by Crippen LogP contribution is -2.16. The normalized spacial score (nSPS) is 12.6. The highest BCUT2D eigenvalue weighted by Crippen LogP contribution is 2.26. The molecule has 0 saturated heterocycles. The van der Waals surface area contributed by atoms with E-state index in [9.17, 15) is 5.11 Å². The van der Waals surface area contributed by atoms with Gasteiger partial charge in [-0.1, -0.05) is 30.3 Å². The molecule has 0 amide bonds. The standard InChI is InChI=1S/C12H15N3O/c13-6-10(8-16)11-7-14-15-12(11)9-4-2-1-3-5-9/h1-5,7,10,16H,6,8,13H2,(H,14,15). The average Bonchev–Trinajstić information content (AvgIpc) is 2.81. The zero-order valence-electron chi connectivity index (χ0n) is 8.93. The number of aliphatic hydroxyl groups is 1. The maximum absolute atomic E-state index is 9.25. The van der Waals surface area contributed by atoms with Crippen LogP contribution in [0.4, 0.5) is 0 Å². The largest absolute Gasteiger partial charge is 0.396 e. The van der Waals surface area contributed by atoms with Gasteiger partial charge < -0.3 is 10.8 Å². The summed E-state index contributed by atoms with van der Waals surface area (Å²) in [4.78, 5) is 0. The van der Waals surface area contributed by atoms with Crippen LogP contribution in [0.25, 0.3) is 11.3 Å². The van der Waals surface area contributed by atoms with E-state index in [1.165, 1.54) is 0 Å². The average molecular weight is 217 g/mol. The molecule has 2 rings (SSSR count). The molecule has 1 atom stereocenters. The molecule has 4 N–H and O–H groups in total. The zero-order valence-corrected chi connectivity index (χ0v) is 8.93. The minimum Gasteiger partial charge on any atom is -0.396 e. The van der Waals surface area contributed by atoms with Crippen LogP contribution < -0.4 is 5.73 Å². The van der Waals surface area contributed by atoms with E-state index in [1.807, 2.05) is 30.3 Å². The summed E-state index contributed by atoms with van der Waals surface area (Å²) in [6.45, 7) is 0.450. The Bertz CT molecular complexity index is 435. The van der Waals surface area contributed by atoms with E-state index < -0.39 is 0 Å². The van der Waals surface area contributed by atoms with Gasteiger partial charge in [0.15, 0.2) is 0 Å². The molecule has 0 spiro atoms. The van der Waals surface area contributed by atoms with E-state index in [4.69, 9.17) is 5.73 Å². The highest BCUT2D eigenvalue weighted by Gasteiger charge is 2.15. The molecule has 4 nitrogen and oxygen atoms in total. The van der Waals surface area contributed by atoms with Gasteiger partial charge in [0.05, 0.1) is 18.5 Å². The number of aromatic amines is 1. The van der Waals surface area contributed by atoms with E-state index in [2.05, 4.69) is 10.2 Å². The number of rotatable bonds is 4.